The van der Waals surface area contributed by atoms with E-state index >= 15 is 0 Å². The zero-order valence-corrected chi connectivity index (χ0v) is 13.2. The smallest absolute Gasteiger partial charge is 0.280 e. The summed E-state index contributed by atoms with van der Waals surface area (Å²) in [5.74, 6) is 0.678. The Morgan fingerprint density at radius 2 is 2.05 bits per heavy atom. The molecule has 4 fully saturated rings. The van der Waals surface area contributed by atoms with Crippen molar-refractivity contribution in [2.45, 2.75) is 37.3 Å². The molecule has 1 amide bonds. The lowest BCUT2D eigenvalue weighted by Crippen LogP contribution is -2.65. The van der Waals surface area contributed by atoms with Crippen molar-refractivity contribution < 1.29 is 4.79 Å². The van der Waals surface area contributed by atoms with E-state index < -0.39 is 0 Å². The van der Waals surface area contributed by atoms with Crippen LogP contribution in [0.3, 0.4) is 0 Å². The molecule has 1 aromatic heterocycles. The number of piperidine rings is 3. The third kappa shape index (κ3) is 1.78. The van der Waals surface area contributed by atoms with Crippen molar-refractivity contribution in [1.82, 2.24) is 15.2 Å². The average molecular weight is 313 g/mol. The summed E-state index contributed by atoms with van der Waals surface area (Å²) in [6.45, 7) is 2.44. The minimum atomic E-state index is 0.0197. The minimum absolute atomic E-state index is 0.0197. The molecule has 3 aliphatic heterocycles. The summed E-state index contributed by atoms with van der Waals surface area (Å²) in [4.78, 5) is 19.8. The molecule has 2 bridgehead atoms. The van der Waals surface area contributed by atoms with Crippen LogP contribution in [0.2, 0.25) is 0 Å². The van der Waals surface area contributed by atoms with E-state index in [4.69, 9.17) is 0 Å². The predicted molar refractivity (Wildman–Crippen MR) is 87.1 cm³/mol. The number of nitrogens with zero attached hydrogens (tertiary/aromatic N) is 2. The second-order valence-corrected chi connectivity index (χ2v) is 7.90. The van der Waals surface area contributed by atoms with Crippen LogP contribution in [0.25, 0.3) is 10.2 Å². The second-order valence-electron chi connectivity index (χ2n) is 6.87. The third-order valence-electron chi connectivity index (χ3n) is 5.76. The fourth-order valence-corrected chi connectivity index (χ4v) is 5.36. The molecular formula is C17H19N3OS. The lowest BCUT2D eigenvalue weighted by atomic mass is 9.77. The van der Waals surface area contributed by atoms with Gasteiger partial charge in [-0.15, -0.1) is 11.3 Å². The number of amides is 1. The van der Waals surface area contributed by atoms with Crippen molar-refractivity contribution in [3.63, 3.8) is 0 Å². The van der Waals surface area contributed by atoms with Crippen LogP contribution in [0.5, 0.6) is 0 Å². The summed E-state index contributed by atoms with van der Waals surface area (Å²) in [5, 5.41) is 3.95. The molecule has 4 heterocycles. The fraction of sp³-hybridized carbons (Fsp3) is 0.529. The van der Waals surface area contributed by atoms with Crippen LogP contribution in [0, 0.1) is 5.92 Å². The molecule has 1 aliphatic carbocycles. The van der Waals surface area contributed by atoms with Crippen LogP contribution in [0.1, 0.15) is 35.5 Å². The van der Waals surface area contributed by atoms with Gasteiger partial charge in [-0.2, -0.15) is 0 Å². The zero-order chi connectivity index (χ0) is 14.7. The standard InChI is InChI=1S/C17H19N3OS/c21-15(16-18-12-3-1-2-4-13(12)22-16)19-14-11-5-9-20(10-6-11)17(14)7-8-17/h1-4,11,14H,5-10H2,(H,19,21)/t14-/m0/s1. The number of fused-ring (bicyclic) bond motifs is 3. The molecule has 2 aromatic rings. The second kappa shape index (κ2) is 4.52. The van der Waals surface area contributed by atoms with Gasteiger partial charge in [0.05, 0.1) is 16.3 Å². The number of thiazole rings is 1. The number of hydrogen-bond donors (Lipinski definition) is 1. The molecule has 4 nitrogen and oxygen atoms in total. The van der Waals surface area contributed by atoms with Gasteiger partial charge in [0.15, 0.2) is 5.01 Å². The van der Waals surface area contributed by atoms with Gasteiger partial charge < -0.3 is 5.32 Å². The Bertz CT molecular complexity index is 710. The molecule has 3 saturated heterocycles. The Kier molecular flexibility index (Phi) is 2.68. The first-order valence-corrected chi connectivity index (χ1v) is 8.99. The first-order valence-electron chi connectivity index (χ1n) is 8.18. The van der Waals surface area contributed by atoms with E-state index in [0.717, 1.165) is 10.2 Å². The van der Waals surface area contributed by atoms with E-state index in [2.05, 4.69) is 15.2 Å². The van der Waals surface area contributed by atoms with E-state index in [1.54, 1.807) is 0 Å². The number of benzene rings is 1. The maximum absolute atomic E-state index is 12.7. The van der Waals surface area contributed by atoms with Crippen LogP contribution in [0.4, 0.5) is 0 Å². The summed E-state index contributed by atoms with van der Waals surface area (Å²) in [5.41, 5.74) is 1.21. The average Bonchev–Trinajstić information content (AvgIpc) is 3.20. The summed E-state index contributed by atoms with van der Waals surface area (Å²) in [6, 6.07) is 8.29. The van der Waals surface area contributed by atoms with Gasteiger partial charge in [0, 0.05) is 5.54 Å². The number of hydrogen-bond acceptors (Lipinski definition) is 4. The third-order valence-corrected chi connectivity index (χ3v) is 6.79. The van der Waals surface area contributed by atoms with Crippen LogP contribution in [0.15, 0.2) is 24.3 Å². The highest BCUT2D eigenvalue weighted by atomic mass is 32.1. The first kappa shape index (κ1) is 13.0. The largest absolute Gasteiger partial charge is 0.345 e. The Morgan fingerprint density at radius 3 is 2.77 bits per heavy atom. The van der Waals surface area contributed by atoms with E-state index in [1.165, 1.54) is 50.1 Å². The molecule has 6 rings (SSSR count). The number of carbonyl (C=O) groups excluding carboxylic acids is 1. The van der Waals surface area contributed by atoms with Crippen molar-refractivity contribution >= 4 is 27.5 Å². The highest BCUT2D eigenvalue weighted by molar-refractivity contribution is 7.20. The summed E-state index contributed by atoms with van der Waals surface area (Å²) >= 11 is 1.50. The quantitative estimate of drug-likeness (QED) is 0.927. The molecule has 5 heteroatoms. The van der Waals surface area contributed by atoms with E-state index in [0.29, 0.717) is 17.0 Å². The Morgan fingerprint density at radius 1 is 1.27 bits per heavy atom. The molecule has 0 radical (unpaired) electrons. The van der Waals surface area contributed by atoms with Crippen molar-refractivity contribution in [3.8, 4) is 0 Å². The van der Waals surface area contributed by atoms with E-state index in [9.17, 15) is 4.79 Å². The lowest BCUT2D eigenvalue weighted by Gasteiger charge is -2.52. The molecule has 1 aromatic carbocycles. The van der Waals surface area contributed by atoms with Crippen LogP contribution < -0.4 is 5.32 Å². The first-order chi connectivity index (χ1) is 10.8. The number of para-hydroxylation sites is 1. The van der Waals surface area contributed by atoms with Crippen LogP contribution in [-0.4, -0.2) is 40.5 Å². The normalized spacial score (nSPS) is 31.5. The van der Waals surface area contributed by atoms with Gasteiger partial charge in [-0.3, -0.25) is 9.69 Å². The van der Waals surface area contributed by atoms with E-state index in [1.807, 2.05) is 24.3 Å². The highest BCUT2D eigenvalue weighted by Crippen LogP contribution is 2.53. The summed E-state index contributed by atoms with van der Waals surface area (Å²) in [6.07, 6.45) is 4.95. The van der Waals surface area contributed by atoms with Crippen LogP contribution >= 0.6 is 11.3 Å². The molecule has 1 atom stereocenters. The molecule has 22 heavy (non-hydrogen) atoms. The van der Waals surface area contributed by atoms with Gasteiger partial charge in [-0.25, -0.2) is 4.98 Å². The van der Waals surface area contributed by atoms with Gasteiger partial charge in [-0.05, 0) is 56.8 Å². The van der Waals surface area contributed by atoms with Crippen molar-refractivity contribution in [1.29, 1.82) is 0 Å². The molecule has 1 spiro atoms. The maximum atomic E-state index is 12.7. The molecule has 1 saturated carbocycles. The SMILES string of the molecule is O=C(N[C@H]1C2CCN(CC2)C12CC2)c1nc2ccccc2s1. The Hall–Kier alpha value is -1.46. The van der Waals surface area contributed by atoms with Gasteiger partial charge >= 0.3 is 0 Å². The fourth-order valence-electron chi connectivity index (χ4n) is 4.49. The summed E-state index contributed by atoms with van der Waals surface area (Å²) < 4.78 is 1.09. The Labute approximate surface area is 133 Å². The molecule has 1 N–H and O–H groups in total. The van der Waals surface area contributed by atoms with Gasteiger partial charge in [0.25, 0.3) is 5.91 Å². The molecular weight excluding hydrogens is 294 g/mol. The topological polar surface area (TPSA) is 45.2 Å². The molecule has 114 valence electrons. The number of carbonyl (C=O) groups is 1. The maximum Gasteiger partial charge on any atom is 0.280 e. The van der Waals surface area contributed by atoms with Crippen molar-refractivity contribution in [2.75, 3.05) is 13.1 Å². The number of nitrogens with one attached hydrogen (secondary N) is 1. The molecule has 4 aliphatic rings. The highest BCUT2D eigenvalue weighted by Gasteiger charge is 2.60. The van der Waals surface area contributed by atoms with Gasteiger partial charge in [0.2, 0.25) is 0 Å². The summed E-state index contributed by atoms with van der Waals surface area (Å²) in [7, 11) is 0. The van der Waals surface area contributed by atoms with Gasteiger partial charge in [-0.1, -0.05) is 12.1 Å². The van der Waals surface area contributed by atoms with E-state index in [-0.39, 0.29) is 11.4 Å². The lowest BCUT2D eigenvalue weighted by molar-refractivity contribution is -0.00144. The van der Waals surface area contributed by atoms with Crippen molar-refractivity contribution in [3.05, 3.63) is 29.3 Å². The van der Waals surface area contributed by atoms with Gasteiger partial charge in [0.1, 0.15) is 0 Å². The van der Waals surface area contributed by atoms with Crippen LogP contribution in [-0.2, 0) is 0 Å². The minimum Gasteiger partial charge on any atom is -0.345 e. The van der Waals surface area contributed by atoms with Crippen molar-refractivity contribution in [2.24, 2.45) is 5.92 Å². The zero-order valence-electron chi connectivity index (χ0n) is 12.4. The number of aromatic nitrogens is 1. The predicted octanol–water partition coefficient (Wildman–Crippen LogP) is 2.65. The monoisotopic (exact) mass is 313 g/mol. The Balaban J connectivity index is 1.42. The molecule has 0 unspecified atom stereocenters. The number of rotatable bonds is 2.